The maximum absolute atomic E-state index is 12.9. The summed E-state index contributed by atoms with van der Waals surface area (Å²) in [4.78, 5) is 37.3. The molecule has 9 nitrogen and oxygen atoms in total. The zero-order chi connectivity index (χ0) is 59.8. The fourth-order valence-corrected chi connectivity index (χ4v) is 9.14. The summed E-state index contributed by atoms with van der Waals surface area (Å²) in [6.45, 7) is 4.63. The Kier molecular flexibility index (Phi) is 59.9. The molecular weight excluding hydrogens is 1020 g/mol. The van der Waals surface area contributed by atoms with E-state index in [2.05, 4.69) is 123 Å². The monoisotopic (exact) mass is 1140 g/mol. The molecular formula is C73H125NO8. The number of aliphatic carboxylic acids is 1. The number of unbranched alkanes of at least 4 members (excludes halogenated alkanes) is 28. The van der Waals surface area contributed by atoms with Gasteiger partial charge in [-0.1, -0.05) is 271 Å². The van der Waals surface area contributed by atoms with E-state index in [4.69, 9.17) is 18.9 Å². The number of carbonyl (C=O) groups excluding carboxylic acids is 3. The van der Waals surface area contributed by atoms with Crippen molar-refractivity contribution in [3.63, 3.8) is 0 Å². The number of rotatable bonds is 61. The summed E-state index contributed by atoms with van der Waals surface area (Å²) in [6.07, 6.45) is 84.5. The Morgan fingerprint density at radius 3 is 1.05 bits per heavy atom. The average molecular weight is 1140 g/mol. The molecule has 0 radical (unpaired) electrons. The minimum absolute atomic E-state index is 0.144. The molecule has 0 aromatic carbocycles. The first-order valence-electron chi connectivity index (χ1n) is 33.5. The molecule has 0 N–H and O–H groups in total. The summed E-state index contributed by atoms with van der Waals surface area (Å²) in [6, 6.07) is 0. The zero-order valence-electron chi connectivity index (χ0n) is 53.6. The fraction of sp³-hybridized carbons (Fsp3) is 0.712. The molecule has 0 aliphatic rings. The second-order valence-electron chi connectivity index (χ2n) is 23.4. The second kappa shape index (κ2) is 63.0. The normalized spacial score (nSPS) is 13.4. The highest BCUT2D eigenvalue weighted by Crippen LogP contribution is 2.16. The molecule has 0 aromatic heterocycles. The van der Waals surface area contributed by atoms with Crippen LogP contribution in [-0.4, -0.2) is 82.3 Å². The maximum atomic E-state index is 12.9. The standard InChI is InChI=1S/C73H125NO8/c1-6-8-10-12-14-16-18-20-22-24-25-26-27-28-29-30-31-32-33-34-35-36-37-38-39-40-41-42-43-44-45-46-47-48-50-52-54-56-58-60-62-64-71(76)82-69(68-81-73(72(77)78)79-66-65-74(3,4)5)67-80-70(75)63-61-59-57-55-53-51-49-23-21-19-17-15-13-11-9-7-2/h8,10,14,16,20,22-23,25-26,28-29,31-32,34-35,37-38,49,69,73H,6-7,9,11-13,15,17-19,21,24,27,30,33,36,39-48,50-68H2,1-5H3/b10-8-,16-14-,22-20-,26-25-,29-28-,32-31-,35-34-,38-37-,49-23-. The van der Waals surface area contributed by atoms with Crippen LogP contribution in [0.25, 0.3) is 0 Å². The van der Waals surface area contributed by atoms with Crippen molar-refractivity contribution >= 4 is 17.9 Å². The van der Waals surface area contributed by atoms with Gasteiger partial charge in [0.1, 0.15) is 13.2 Å². The maximum Gasteiger partial charge on any atom is 0.306 e. The highest BCUT2D eigenvalue weighted by molar-refractivity contribution is 5.70. The Morgan fingerprint density at radius 2 is 0.695 bits per heavy atom. The van der Waals surface area contributed by atoms with Gasteiger partial charge in [-0.05, 0) is 103 Å². The molecule has 0 fully saturated rings. The van der Waals surface area contributed by atoms with E-state index in [9.17, 15) is 19.5 Å². The van der Waals surface area contributed by atoms with Gasteiger partial charge >= 0.3 is 11.9 Å². The number of carbonyl (C=O) groups is 3. The van der Waals surface area contributed by atoms with Crippen molar-refractivity contribution in [2.45, 2.75) is 289 Å². The van der Waals surface area contributed by atoms with E-state index < -0.39 is 24.3 Å². The summed E-state index contributed by atoms with van der Waals surface area (Å²) in [5.74, 6) is -2.29. The molecule has 470 valence electrons. The molecule has 2 unspecified atom stereocenters. The third-order valence-electron chi connectivity index (χ3n) is 14.3. The predicted octanol–water partition coefficient (Wildman–Crippen LogP) is 19.3. The minimum Gasteiger partial charge on any atom is -0.545 e. The average Bonchev–Trinajstić information content (AvgIpc) is 3.45. The van der Waals surface area contributed by atoms with Crippen LogP contribution in [0.4, 0.5) is 0 Å². The van der Waals surface area contributed by atoms with Gasteiger partial charge in [0, 0.05) is 12.8 Å². The molecule has 0 rings (SSSR count). The number of hydrogen-bond acceptors (Lipinski definition) is 8. The van der Waals surface area contributed by atoms with Crippen LogP contribution in [0, 0.1) is 0 Å². The van der Waals surface area contributed by atoms with Crippen LogP contribution in [0.15, 0.2) is 109 Å². The van der Waals surface area contributed by atoms with Crippen LogP contribution in [0.5, 0.6) is 0 Å². The van der Waals surface area contributed by atoms with E-state index in [0.717, 1.165) is 109 Å². The van der Waals surface area contributed by atoms with Crippen LogP contribution >= 0.6 is 0 Å². The molecule has 9 heteroatoms. The lowest BCUT2D eigenvalue weighted by Gasteiger charge is -2.26. The van der Waals surface area contributed by atoms with Crippen LogP contribution in [-0.2, 0) is 33.3 Å². The SMILES string of the molecule is CC/C=C\C/C=C\C/C=C\C/C=C\C/C=C\C/C=C\C/C=C\C/C=C\CCCCCCCCCCCCCCCCCCC(=O)OC(COC(=O)CCCCCCC/C=C\CCCCCCCCC)COC(OCC[N+](C)(C)C)C(=O)[O-]. The van der Waals surface area contributed by atoms with Crippen molar-refractivity contribution < 1.29 is 42.9 Å². The van der Waals surface area contributed by atoms with E-state index in [-0.39, 0.29) is 38.6 Å². The number of quaternary nitrogens is 1. The van der Waals surface area contributed by atoms with Crippen molar-refractivity contribution in [3.8, 4) is 0 Å². The first kappa shape index (κ1) is 78.0. The number of carboxylic acid groups (broad SMARTS) is 1. The van der Waals surface area contributed by atoms with Gasteiger partial charge < -0.3 is 33.3 Å². The molecule has 0 aliphatic carbocycles. The Hall–Kier alpha value is -4.05. The Labute approximate surface area is 505 Å². The van der Waals surface area contributed by atoms with Crippen molar-refractivity contribution in [1.82, 2.24) is 0 Å². The molecule has 0 spiro atoms. The smallest absolute Gasteiger partial charge is 0.306 e. The second-order valence-corrected chi connectivity index (χ2v) is 23.4. The largest absolute Gasteiger partial charge is 0.545 e. The molecule has 82 heavy (non-hydrogen) atoms. The van der Waals surface area contributed by atoms with Crippen LogP contribution < -0.4 is 5.11 Å². The van der Waals surface area contributed by atoms with Crippen LogP contribution in [0.2, 0.25) is 0 Å². The lowest BCUT2D eigenvalue weighted by molar-refractivity contribution is -0.870. The molecule has 0 saturated heterocycles. The third kappa shape index (κ3) is 63.5. The van der Waals surface area contributed by atoms with E-state index in [0.29, 0.717) is 17.4 Å². The zero-order valence-corrected chi connectivity index (χ0v) is 53.6. The van der Waals surface area contributed by atoms with Gasteiger partial charge in [-0.2, -0.15) is 0 Å². The number of nitrogens with zero attached hydrogens (tertiary/aromatic N) is 1. The highest BCUT2D eigenvalue weighted by atomic mass is 16.7. The molecule has 0 heterocycles. The quantitative estimate of drug-likeness (QED) is 0.0195. The number of esters is 2. The number of ether oxygens (including phenoxy) is 4. The molecule has 0 bridgehead atoms. The van der Waals surface area contributed by atoms with Gasteiger partial charge in [-0.15, -0.1) is 0 Å². The number of hydrogen-bond donors (Lipinski definition) is 0. The summed E-state index contributed by atoms with van der Waals surface area (Å²) in [5.41, 5.74) is 0. The number of carboxylic acids is 1. The Bertz CT molecular complexity index is 1710. The van der Waals surface area contributed by atoms with Gasteiger partial charge in [0.05, 0.1) is 40.3 Å². The molecule has 2 atom stereocenters. The van der Waals surface area contributed by atoms with Gasteiger partial charge in [0.15, 0.2) is 12.4 Å². The van der Waals surface area contributed by atoms with Crippen molar-refractivity contribution in [3.05, 3.63) is 109 Å². The van der Waals surface area contributed by atoms with E-state index in [1.54, 1.807) is 0 Å². The summed E-state index contributed by atoms with van der Waals surface area (Å²) < 4.78 is 22.7. The van der Waals surface area contributed by atoms with Crippen LogP contribution in [0.3, 0.4) is 0 Å². The van der Waals surface area contributed by atoms with Crippen LogP contribution in [0.1, 0.15) is 277 Å². The predicted molar refractivity (Wildman–Crippen MR) is 347 cm³/mol. The first-order chi connectivity index (χ1) is 40.1. The topological polar surface area (TPSA) is 111 Å². The lowest BCUT2D eigenvalue weighted by Crippen LogP contribution is -2.44. The fourth-order valence-electron chi connectivity index (χ4n) is 9.14. The molecule has 0 aliphatic heterocycles. The minimum atomic E-state index is -1.63. The summed E-state index contributed by atoms with van der Waals surface area (Å²) in [7, 11) is 5.92. The van der Waals surface area contributed by atoms with Gasteiger partial charge in [0.2, 0.25) is 0 Å². The van der Waals surface area contributed by atoms with E-state index in [1.807, 2.05) is 21.1 Å². The Morgan fingerprint density at radius 1 is 0.378 bits per heavy atom. The van der Waals surface area contributed by atoms with Gasteiger partial charge in [0.25, 0.3) is 0 Å². The number of allylic oxidation sites excluding steroid dienone is 18. The summed E-state index contributed by atoms with van der Waals surface area (Å²) in [5, 5.41) is 11.8. The third-order valence-corrected chi connectivity index (χ3v) is 14.3. The van der Waals surface area contributed by atoms with Gasteiger partial charge in [-0.25, -0.2) is 0 Å². The van der Waals surface area contributed by atoms with Crippen molar-refractivity contribution in [2.24, 2.45) is 0 Å². The molecule has 0 aromatic rings. The molecule has 0 amide bonds. The molecule has 0 saturated carbocycles. The lowest BCUT2D eigenvalue weighted by atomic mass is 10.0. The summed E-state index contributed by atoms with van der Waals surface area (Å²) >= 11 is 0. The highest BCUT2D eigenvalue weighted by Gasteiger charge is 2.22. The van der Waals surface area contributed by atoms with Gasteiger partial charge in [-0.3, -0.25) is 9.59 Å². The van der Waals surface area contributed by atoms with Crippen molar-refractivity contribution in [1.29, 1.82) is 0 Å². The first-order valence-corrected chi connectivity index (χ1v) is 33.5. The Balaban J connectivity index is 4.05. The number of likely N-dealkylation sites (N-methyl/N-ethyl adjacent to an activating group) is 1. The van der Waals surface area contributed by atoms with E-state index in [1.165, 1.54) is 135 Å². The van der Waals surface area contributed by atoms with Crippen molar-refractivity contribution in [2.75, 3.05) is 47.5 Å². The van der Waals surface area contributed by atoms with E-state index >= 15 is 0 Å².